The first-order valence-corrected chi connectivity index (χ1v) is 9.27. The zero-order valence-electron chi connectivity index (χ0n) is 14.0. The van der Waals surface area contributed by atoms with Crippen LogP contribution in [0.3, 0.4) is 0 Å². The first-order valence-electron chi connectivity index (χ1n) is 8.50. The summed E-state index contributed by atoms with van der Waals surface area (Å²) in [7, 11) is 1.85. The van der Waals surface area contributed by atoms with E-state index in [1.54, 1.807) is 4.68 Å². The highest BCUT2D eigenvalue weighted by molar-refractivity contribution is 7.09. The highest BCUT2D eigenvalue weighted by Crippen LogP contribution is 2.39. The van der Waals surface area contributed by atoms with E-state index < -0.39 is 0 Å². The maximum atomic E-state index is 12.3. The molecule has 3 heterocycles. The molecule has 1 N–H and O–H groups in total. The van der Waals surface area contributed by atoms with Gasteiger partial charge in [-0.05, 0) is 38.7 Å². The maximum absolute atomic E-state index is 12.3. The van der Waals surface area contributed by atoms with Crippen LogP contribution in [0.2, 0.25) is 0 Å². The summed E-state index contributed by atoms with van der Waals surface area (Å²) in [4.78, 5) is 19.3. The van der Waals surface area contributed by atoms with Crippen molar-refractivity contribution in [2.24, 2.45) is 7.05 Å². The van der Waals surface area contributed by atoms with Crippen molar-refractivity contribution in [3.63, 3.8) is 0 Å². The Morgan fingerprint density at radius 2 is 2.04 bits per heavy atom. The minimum atomic E-state index is -0.0796. The summed E-state index contributed by atoms with van der Waals surface area (Å²) in [5.41, 5.74) is 1.48. The molecule has 0 spiro atoms. The third-order valence-electron chi connectivity index (χ3n) is 4.82. The highest BCUT2D eigenvalue weighted by atomic mass is 32.1. The molecule has 1 saturated heterocycles. The van der Waals surface area contributed by atoms with Gasteiger partial charge >= 0.3 is 0 Å². The number of hydrogen-bond acceptors (Lipinski definition) is 6. The Morgan fingerprint density at radius 1 is 1.29 bits per heavy atom. The molecule has 2 aliphatic rings. The average Bonchev–Trinajstić information content (AvgIpc) is 3.21. The van der Waals surface area contributed by atoms with Crippen molar-refractivity contribution >= 4 is 22.6 Å². The maximum Gasteiger partial charge on any atom is 0.272 e. The lowest BCUT2D eigenvalue weighted by Crippen LogP contribution is -2.44. The minimum absolute atomic E-state index is 0.0796. The van der Waals surface area contributed by atoms with Crippen molar-refractivity contribution in [2.45, 2.75) is 44.6 Å². The summed E-state index contributed by atoms with van der Waals surface area (Å²) in [5.74, 6) is 1.55. The number of aryl methyl sites for hydroxylation is 2. The van der Waals surface area contributed by atoms with Gasteiger partial charge in [-0.2, -0.15) is 9.47 Å². The summed E-state index contributed by atoms with van der Waals surface area (Å²) in [6.07, 6.45) is 4.32. The molecule has 2 aromatic heterocycles. The van der Waals surface area contributed by atoms with E-state index in [0.717, 1.165) is 42.6 Å². The number of aromatic nitrogens is 4. The number of piperidine rings is 1. The summed E-state index contributed by atoms with van der Waals surface area (Å²) in [6, 6.07) is 2.03. The van der Waals surface area contributed by atoms with Gasteiger partial charge in [-0.25, -0.2) is 4.98 Å². The second-order valence-electron chi connectivity index (χ2n) is 6.74. The van der Waals surface area contributed by atoms with Gasteiger partial charge in [0.15, 0.2) is 0 Å². The second-order valence-corrected chi connectivity index (χ2v) is 7.47. The molecule has 1 aliphatic carbocycles. The van der Waals surface area contributed by atoms with Crippen LogP contribution in [0, 0.1) is 6.92 Å². The van der Waals surface area contributed by atoms with E-state index in [4.69, 9.17) is 0 Å². The number of hydrogen-bond donors (Lipinski definition) is 1. The smallest absolute Gasteiger partial charge is 0.272 e. The van der Waals surface area contributed by atoms with Gasteiger partial charge < -0.3 is 10.2 Å². The van der Waals surface area contributed by atoms with E-state index >= 15 is 0 Å². The van der Waals surface area contributed by atoms with E-state index in [1.807, 2.05) is 20.0 Å². The van der Waals surface area contributed by atoms with Crippen molar-refractivity contribution in [2.75, 3.05) is 18.0 Å². The molecular formula is C16H22N6OS. The molecule has 2 fully saturated rings. The lowest BCUT2D eigenvalue weighted by Gasteiger charge is -2.31. The van der Waals surface area contributed by atoms with E-state index in [2.05, 4.69) is 24.7 Å². The van der Waals surface area contributed by atoms with E-state index in [0.29, 0.717) is 11.6 Å². The fraction of sp³-hybridized carbons (Fsp3) is 0.625. The Balaban J connectivity index is 1.31. The fourth-order valence-corrected chi connectivity index (χ4v) is 3.81. The summed E-state index contributed by atoms with van der Waals surface area (Å²) in [6.45, 7) is 3.76. The van der Waals surface area contributed by atoms with Crippen LogP contribution in [-0.4, -0.2) is 44.2 Å². The van der Waals surface area contributed by atoms with Gasteiger partial charge in [0.1, 0.15) is 11.5 Å². The van der Waals surface area contributed by atoms with Crippen molar-refractivity contribution in [1.29, 1.82) is 0 Å². The van der Waals surface area contributed by atoms with Crippen molar-refractivity contribution in [3.05, 3.63) is 23.3 Å². The summed E-state index contributed by atoms with van der Waals surface area (Å²) in [5, 5.41) is 8.38. The molecule has 0 unspecified atom stereocenters. The van der Waals surface area contributed by atoms with Crippen LogP contribution >= 0.6 is 11.5 Å². The third kappa shape index (κ3) is 3.15. The van der Waals surface area contributed by atoms with Crippen LogP contribution in [0.4, 0.5) is 5.13 Å². The quantitative estimate of drug-likeness (QED) is 0.914. The molecule has 128 valence electrons. The Bertz CT molecular complexity index is 722. The molecule has 1 amide bonds. The molecule has 0 bridgehead atoms. The average molecular weight is 346 g/mol. The minimum Gasteiger partial charge on any atom is -0.348 e. The summed E-state index contributed by atoms with van der Waals surface area (Å²) >= 11 is 1.51. The van der Waals surface area contributed by atoms with Gasteiger partial charge in [-0.15, -0.1) is 0 Å². The number of rotatable bonds is 4. The Labute approximate surface area is 145 Å². The lowest BCUT2D eigenvalue weighted by atomic mass is 10.1. The highest BCUT2D eigenvalue weighted by Gasteiger charge is 2.29. The molecule has 1 aliphatic heterocycles. The Hall–Kier alpha value is -1.96. The van der Waals surface area contributed by atoms with Crippen molar-refractivity contribution < 1.29 is 4.79 Å². The molecule has 24 heavy (non-hydrogen) atoms. The Morgan fingerprint density at radius 3 is 2.67 bits per heavy atom. The van der Waals surface area contributed by atoms with Gasteiger partial charge in [0.2, 0.25) is 5.13 Å². The van der Waals surface area contributed by atoms with Gasteiger partial charge in [0.25, 0.3) is 5.91 Å². The molecule has 0 atom stereocenters. The summed E-state index contributed by atoms with van der Waals surface area (Å²) < 4.78 is 6.21. The molecule has 2 aromatic rings. The number of nitrogens with zero attached hydrogens (tertiary/aromatic N) is 5. The largest absolute Gasteiger partial charge is 0.348 e. The molecule has 7 nitrogen and oxygen atoms in total. The molecule has 0 radical (unpaired) electrons. The second kappa shape index (κ2) is 6.16. The van der Waals surface area contributed by atoms with Crippen molar-refractivity contribution in [3.8, 4) is 0 Å². The normalized spacial score (nSPS) is 18.8. The van der Waals surface area contributed by atoms with Gasteiger partial charge in [-0.1, -0.05) is 0 Å². The SMILES string of the molecule is Cc1cc(C(=O)NC2CCN(c3nc(C4CC4)ns3)CC2)nn1C. The number of nitrogens with one attached hydrogen (secondary N) is 1. The van der Waals surface area contributed by atoms with Crippen LogP contribution in [0.25, 0.3) is 0 Å². The number of carbonyl (C=O) groups is 1. The predicted octanol–water partition coefficient (Wildman–Crippen LogP) is 1.86. The van der Waals surface area contributed by atoms with E-state index in [-0.39, 0.29) is 11.9 Å². The molecule has 8 heteroatoms. The van der Waals surface area contributed by atoms with Gasteiger partial charge in [-0.3, -0.25) is 9.48 Å². The zero-order chi connectivity index (χ0) is 16.7. The number of carbonyl (C=O) groups excluding carboxylic acids is 1. The standard InChI is InChI=1S/C16H22N6OS/c1-10-9-13(19-21(10)2)15(23)17-12-5-7-22(8-6-12)16-18-14(20-24-16)11-3-4-11/h9,11-12H,3-8H2,1-2H3,(H,17,23). The first-order chi connectivity index (χ1) is 11.6. The predicted molar refractivity (Wildman–Crippen MR) is 92.5 cm³/mol. The Kier molecular flexibility index (Phi) is 3.99. The topological polar surface area (TPSA) is 75.9 Å². The zero-order valence-corrected chi connectivity index (χ0v) is 14.8. The fourth-order valence-electron chi connectivity index (χ4n) is 3.01. The van der Waals surface area contributed by atoms with Gasteiger partial charge in [0.05, 0.1) is 0 Å². The first kappa shape index (κ1) is 15.6. The number of anilines is 1. The van der Waals surface area contributed by atoms with Crippen LogP contribution in [0.5, 0.6) is 0 Å². The monoisotopic (exact) mass is 346 g/mol. The van der Waals surface area contributed by atoms with Crippen LogP contribution < -0.4 is 10.2 Å². The molecule has 4 rings (SSSR count). The third-order valence-corrected chi connectivity index (χ3v) is 5.61. The van der Waals surface area contributed by atoms with Crippen LogP contribution in [-0.2, 0) is 7.05 Å². The molecule has 0 aromatic carbocycles. The van der Waals surface area contributed by atoms with E-state index in [1.165, 1.54) is 24.4 Å². The molecular weight excluding hydrogens is 324 g/mol. The molecule has 1 saturated carbocycles. The van der Waals surface area contributed by atoms with Crippen molar-refractivity contribution in [1.82, 2.24) is 24.5 Å². The van der Waals surface area contributed by atoms with Crippen LogP contribution in [0.15, 0.2) is 6.07 Å². The number of amides is 1. The van der Waals surface area contributed by atoms with Gasteiger partial charge in [0, 0.05) is 49.3 Å². The van der Waals surface area contributed by atoms with E-state index in [9.17, 15) is 4.79 Å². The lowest BCUT2D eigenvalue weighted by molar-refractivity contribution is 0.0925. The van der Waals surface area contributed by atoms with Crippen LogP contribution in [0.1, 0.15) is 53.6 Å².